The maximum Gasteiger partial charge on any atom is 0.0558 e. The van der Waals surface area contributed by atoms with Crippen LogP contribution in [-0.2, 0) is 0 Å². The van der Waals surface area contributed by atoms with Crippen molar-refractivity contribution in [3.8, 4) is 0 Å². The number of nitrogens with zero attached hydrogens (tertiary/aromatic N) is 1. The molecule has 0 aromatic heterocycles. The molecule has 0 saturated carbocycles. The molecule has 3 N–H and O–H groups in total. The SMILES string of the molecule is CCC1CC(NCCCO)CN(CCO)C1. The van der Waals surface area contributed by atoms with Crippen LogP contribution in [0.25, 0.3) is 0 Å². The zero-order valence-corrected chi connectivity index (χ0v) is 10.4. The third-order valence-corrected chi connectivity index (χ3v) is 3.37. The van der Waals surface area contributed by atoms with Gasteiger partial charge in [-0.05, 0) is 25.3 Å². The third-order valence-electron chi connectivity index (χ3n) is 3.37. The van der Waals surface area contributed by atoms with E-state index in [4.69, 9.17) is 10.2 Å². The molecule has 1 fully saturated rings. The second-order valence-electron chi connectivity index (χ2n) is 4.72. The summed E-state index contributed by atoms with van der Waals surface area (Å²) in [5, 5.41) is 21.2. The van der Waals surface area contributed by atoms with E-state index in [9.17, 15) is 0 Å². The molecule has 1 rings (SSSR count). The Balaban J connectivity index is 2.31. The Morgan fingerprint density at radius 3 is 2.69 bits per heavy atom. The molecular weight excluding hydrogens is 204 g/mol. The van der Waals surface area contributed by atoms with Gasteiger partial charge in [-0.3, -0.25) is 4.90 Å². The molecule has 2 unspecified atom stereocenters. The lowest BCUT2D eigenvalue weighted by Gasteiger charge is -2.37. The van der Waals surface area contributed by atoms with Crippen molar-refractivity contribution in [1.82, 2.24) is 10.2 Å². The van der Waals surface area contributed by atoms with Crippen LogP contribution in [0.3, 0.4) is 0 Å². The standard InChI is InChI=1S/C12H26N2O2/c1-2-11-8-12(13-4-3-6-15)10-14(9-11)5-7-16/h11-13,15-16H,2-10H2,1H3. The molecule has 2 atom stereocenters. The Morgan fingerprint density at radius 1 is 1.25 bits per heavy atom. The van der Waals surface area contributed by atoms with E-state index in [1.165, 1.54) is 12.8 Å². The van der Waals surface area contributed by atoms with Crippen molar-refractivity contribution in [3.05, 3.63) is 0 Å². The number of β-amino-alcohol motifs (C(OH)–C–C–N with tert-alkyl or cyclic N) is 1. The van der Waals surface area contributed by atoms with Crippen molar-refractivity contribution in [3.63, 3.8) is 0 Å². The number of hydrogen-bond donors (Lipinski definition) is 3. The van der Waals surface area contributed by atoms with Gasteiger partial charge in [-0.15, -0.1) is 0 Å². The first-order valence-corrected chi connectivity index (χ1v) is 6.47. The number of likely N-dealkylation sites (tertiary alicyclic amines) is 1. The van der Waals surface area contributed by atoms with E-state index < -0.39 is 0 Å². The normalized spacial score (nSPS) is 27.2. The van der Waals surface area contributed by atoms with E-state index >= 15 is 0 Å². The van der Waals surface area contributed by atoms with Gasteiger partial charge in [0.2, 0.25) is 0 Å². The van der Waals surface area contributed by atoms with Crippen LogP contribution >= 0.6 is 0 Å². The molecule has 96 valence electrons. The van der Waals surface area contributed by atoms with Gasteiger partial charge in [0.05, 0.1) is 6.61 Å². The molecule has 0 amide bonds. The summed E-state index contributed by atoms with van der Waals surface area (Å²) < 4.78 is 0. The quantitative estimate of drug-likeness (QED) is 0.541. The summed E-state index contributed by atoms with van der Waals surface area (Å²) in [5.74, 6) is 0.743. The van der Waals surface area contributed by atoms with E-state index in [1.807, 2.05) is 0 Å². The number of rotatable bonds is 7. The third kappa shape index (κ3) is 4.78. The van der Waals surface area contributed by atoms with Crippen molar-refractivity contribution in [1.29, 1.82) is 0 Å². The van der Waals surface area contributed by atoms with E-state index in [-0.39, 0.29) is 13.2 Å². The Labute approximate surface area is 98.6 Å². The molecule has 1 aliphatic heterocycles. The maximum atomic E-state index is 8.98. The smallest absolute Gasteiger partial charge is 0.0558 e. The molecule has 16 heavy (non-hydrogen) atoms. The fourth-order valence-corrected chi connectivity index (χ4v) is 2.46. The van der Waals surface area contributed by atoms with Crippen LogP contribution in [0.5, 0.6) is 0 Å². The highest BCUT2D eigenvalue weighted by atomic mass is 16.3. The fourth-order valence-electron chi connectivity index (χ4n) is 2.46. The maximum absolute atomic E-state index is 8.98. The summed E-state index contributed by atoms with van der Waals surface area (Å²) in [6.07, 6.45) is 3.26. The molecule has 0 aliphatic carbocycles. The molecule has 4 nitrogen and oxygen atoms in total. The average Bonchev–Trinajstić information content (AvgIpc) is 2.29. The Hall–Kier alpha value is -0.160. The van der Waals surface area contributed by atoms with Crippen LogP contribution in [0.1, 0.15) is 26.2 Å². The van der Waals surface area contributed by atoms with Gasteiger partial charge in [0.15, 0.2) is 0 Å². The first-order chi connectivity index (χ1) is 7.80. The van der Waals surface area contributed by atoms with Crippen LogP contribution in [-0.4, -0.2) is 60.5 Å². The predicted molar refractivity (Wildman–Crippen MR) is 65.4 cm³/mol. The highest BCUT2D eigenvalue weighted by Crippen LogP contribution is 2.19. The summed E-state index contributed by atoms with van der Waals surface area (Å²) in [4.78, 5) is 2.34. The summed E-state index contributed by atoms with van der Waals surface area (Å²) in [6.45, 7) is 6.58. The van der Waals surface area contributed by atoms with Gasteiger partial charge in [-0.25, -0.2) is 0 Å². The Morgan fingerprint density at radius 2 is 2.06 bits per heavy atom. The molecule has 0 aromatic rings. The Bertz CT molecular complexity index is 178. The number of hydrogen-bond acceptors (Lipinski definition) is 4. The van der Waals surface area contributed by atoms with E-state index in [0.717, 1.165) is 38.5 Å². The molecule has 4 heteroatoms. The molecule has 0 spiro atoms. The van der Waals surface area contributed by atoms with E-state index in [2.05, 4.69) is 17.1 Å². The largest absolute Gasteiger partial charge is 0.396 e. The zero-order chi connectivity index (χ0) is 11.8. The summed E-state index contributed by atoms with van der Waals surface area (Å²) in [7, 11) is 0. The minimum Gasteiger partial charge on any atom is -0.396 e. The molecule has 0 aromatic carbocycles. The van der Waals surface area contributed by atoms with Crippen molar-refractivity contribution < 1.29 is 10.2 Å². The molecule has 0 radical (unpaired) electrons. The average molecular weight is 230 g/mol. The summed E-state index contributed by atoms with van der Waals surface area (Å²) in [6, 6.07) is 0.525. The number of piperidine rings is 1. The van der Waals surface area contributed by atoms with Crippen LogP contribution in [0, 0.1) is 5.92 Å². The predicted octanol–water partition coefficient (Wildman–Crippen LogP) is 0.0512. The minimum atomic E-state index is 0.250. The van der Waals surface area contributed by atoms with Crippen LogP contribution < -0.4 is 5.32 Å². The van der Waals surface area contributed by atoms with Gasteiger partial charge < -0.3 is 15.5 Å². The first-order valence-electron chi connectivity index (χ1n) is 6.47. The molecular formula is C12H26N2O2. The molecule has 1 aliphatic rings. The van der Waals surface area contributed by atoms with Gasteiger partial charge >= 0.3 is 0 Å². The highest BCUT2D eigenvalue weighted by Gasteiger charge is 2.25. The van der Waals surface area contributed by atoms with Gasteiger partial charge in [0.1, 0.15) is 0 Å². The minimum absolute atomic E-state index is 0.250. The van der Waals surface area contributed by atoms with Gasteiger partial charge in [-0.2, -0.15) is 0 Å². The molecule has 1 heterocycles. The Kier molecular flexibility index (Phi) is 6.96. The second kappa shape index (κ2) is 8.01. The van der Waals surface area contributed by atoms with Gasteiger partial charge in [-0.1, -0.05) is 13.3 Å². The first kappa shape index (κ1) is 13.9. The number of aliphatic hydroxyl groups excluding tert-OH is 2. The van der Waals surface area contributed by atoms with Crippen molar-refractivity contribution in [2.24, 2.45) is 5.92 Å². The fraction of sp³-hybridized carbons (Fsp3) is 1.00. The van der Waals surface area contributed by atoms with Crippen molar-refractivity contribution in [2.45, 2.75) is 32.2 Å². The van der Waals surface area contributed by atoms with Gasteiger partial charge in [0, 0.05) is 32.3 Å². The van der Waals surface area contributed by atoms with Crippen LogP contribution in [0.2, 0.25) is 0 Å². The van der Waals surface area contributed by atoms with Crippen LogP contribution in [0.15, 0.2) is 0 Å². The van der Waals surface area contributed by atoms with Crippen molar-refractivity contribution >= 4 is 0 Å². The second-order valence-corrected chi connectivity index (χ2v) is 4.72. The number of aliphatic hydroxyl groups is 2. The molecule has 0 bridgehead atoms. The summed E-state index contributed by atoms with van der Waals surface area (Å²) in [5.41, 5.74) is 0. The van der Waals surface area contributed by atoms with E-state index in [1.54, 1.807) is 0 Å². The van der Waals surface area contributed by atoms with Crippen molar-refractivity contribution in [2.75, 3.05) is 39.4 Å². The lowest BCUT2D eigenvalue weighted by atomic mass is 9.92. The van der Waals surface area contributed by atoms with Gasteiger partial charge in [0.25, 0.3) is 0 Å². The van der Waals surface area contributed by atoms with E-state index in [0.29, 0.717) is 6.04 Å². The lowest BCUT2D eigenvalue weighted by Crippen LogP contribution is -2.50. The zero-order valence-electron chi connectivity index (χ0n) is 10.4. The highest BCUT2D eigenvalue weighted by molar-refractivity contribution is 4.82. The van der Waals surface area contributed by atoms with Crippen LogP contribution in [0.4, 0.5) is 0 Å². The topological polar surface area (TPSA) is 55.7 Å². The molecule has 1 saturated heterocycles. The lowest BCUT2D eigenvalue weighted by molar-refractivity contribution is 0.113. The monoisotopic (exact) mass is 230 g/mol. The number of nitrogens with one attached hydrogen (secondary N) is 1. The summed E-state index contributed by atoms with van der Waals surface area (Å²) >= 11 is 0.